The van der Waals surface area contributed by atoms with E-state index in [2.05, 4.69) is 55.6 Å². The van der Waals surface area contributed by atoms with E-state index < -0.39 is 0 Å². The van der Waals surface area contributed by atoms with Gasteiger partial charge in [-0.15, -0.1) is 5.10 Å². The summed E-state index contributed by atoms with van der Waals surface area (Å²) in [7, 11) is 6.45. The zero-order valence-corrected chi connectivity index (χ0v) is 17.1. The Kier molecular flexibility index (Phi) is 6.72. The molecule has 0 saturated carbocycles. The molecule has 0 unspecified atom stereocenters. The quantitative estimate of drug-likeness (QED) is 0.402. The average molecular weight is 449 g/mol. The van der Waals surface area contributed by atoms with Crippen molar-refractivity contribution in [2.75, 3.05) is 34.3 Å². The maximum Gasteiger partial charge on any atom is 0.241 e. The molecule has 0 N–H and O–H groups in total. The van der Waals surface area contributed by atoms with Crippen molar-refractivity contribution < 1.29 is 33.2 Å². The minimum Gasteiger partial charge on any atom is -1.00 e. The van der Waals surface area contributed by atoms with Gasteiger partial charge < -0.3 is 33.2 Å². The summed E-state index contributed by atoms with van der Waals surface area (Å²) in [5, 5.41) is 10.9. The van der Waals surface area contributed by atoms with Gasteiger partial charge in [-0.2, -0.15) is 5.10 Å². The standard InChI is InChI=1S/C20H24N3O.HI/c1-23(2,3)13-14-24-20-18-12-8-7-11-17(18)19(21-22-20)15-16-9-5-4-6-10-16;/h4-12H,13-15H2,1-3H3;1H/q+1;/p-1. The number of hydrogen-bond donors (Lipinski definition) is 0. The Morgan fingerprint density at radius 3 is 2.16 bits per heavy atom. The monoisotopic (exact) mass is 449 g/mol. The third-order valence-corrected chi connectivity index (χ3v) is 3.95. The summed E-state index contributed by atoms with van der Waals surface area (Å²) >= 11 is 0. The summed E-state index contributed by atoms with van der Waals surface area (Å²) in [6, 6.07) is 18.6. The van der Waals surface area contributed by atoms with E-state index in [0.717, 1.165) is 33.9 Å². The van der Waals surface area contributed by atoms with Gasteiger partial charge >= 0.3 is 0 Å². The highest BCUT2D eigenvalue weighted by Crippen LogP contribution is 2.26. The Balaban J connectivity index is 0.00000225. The highest BCUT2D eigenvalue weighted by atomic mass is 127. The van der Waals surface area contributed by atoms with E-state index >= 15 is 0 Å². The first-order valence-electron chi connectivity index (χ1n) is 8.24. The van der Waals surface area contributed by atoms with Crippen LogP contribution < -0.4 is 28.7 Å². The number of halogens is 1. The number of likely N-dealkylation sites (N-methyl/N-ethyl adjacent to an activating group) is 1. The first-order chi connectivity index (χ1) is 11.5. The lowest BCUT2D eigenvalue weighted by Gasteiger charge is -2.23. The first-order valence-corrected chi connectivity index (χ1v) is 8.24. The molecule has 0 saturated heterocycles. The maximum absolute atomic E-state index is 5.91. The highest BCUT2D eigenvalue weighted by Gasteiger charge is 2.12. The van der Waals surface area contributed by atoms with Gasteiger partial charge in [0.25, 0.3) is 0 Å². The number of ether oxygens (including phenoxy) is 1. The number of aromatic nitrogens is 2. The van der Waals surface area contributed by atoms with Crippen LogP contribution in [0.2, 0.25) is 0 Å². The predicted molar refractivity (Wildman–Crippen MR) is 97.2 cm³/mol. The summed E-state index contributed by atoms with van der Waals surface area (Å²) < 4.78 is 6.77. The molecule has 1 aromatic heterocycles. The molecule has 3 aromatic rings. The Labute approximate surface area is 166 Å². The fourth-order valence-corrected chi connectivity index (χ4v) is 2.58. The van der Waals surface area contributed by atoms with Crippen LogP contribution in [0.15, 0.2) is 54.6 Å². The lowest BCUT2D eigenvalue weighted by molar-refractivity contribution is -0.870. The van der Waals surface area contributed by atoms with Crippen LogP contribution in [-0.2, 0) is 6.42 Å². The van der Waals surface area contributed by atoms with Gasteiger partial charge in [0.2, 0.25) is 5.88 Å². The molecule has 1 heterocycles. The van der Waals surface area contributed by atoms with E-state index in [-0.39, 0.29) is 24.0 Å². The molecule has 0 aliphatic carbocycles. The normalized spacial score (nSPS) is 11.2. The van der Waals surface area contributed by atoms with Crippen LogP contribution >= 0.6 is 0 Å². The third kappa shape index (κ3) is 5.37. The van der Waals surface area contributed by atoms with E-state index in [0.29, 0.717) is 12.5 Å². The maximum atomic E-state index is 5.91. The summed E-state index contributed by atoms with van der Waals surface area (Å²) in [4.78, 5) is 0. The molecule has 3 rings (SSSR count). The molecular formula is C20H24IN3O. The Morgan fingerprint density at radius 2 is 1.48 bits per heavy atom. The van der Waals surface area contributed by atoms with Gasteiger partial charge in [-0.25, -0.2) is 0 Å². The van der Waals surface area contributed by atoms with E-state index in [1.54, 1.807) is 0 Å². The van der Waals surface area contributed by atoms with Crippen molar-refractivity contribution in [1.82, 2.24) is 10.2 Å². The number of benzene rings is 2. The van der Waals surface area contributed by atoms with Gasteiger partial charge in [-0.3, -0.25) is 0 Å². The molecule has 0 spiro atoms. The molecule has 0 atom stereocenters. The molecule has 5 heteroatoms. The SMILES string of the molecule is C[N+](C)(C)CCOc1nnc(Cc2ccccc2)c2ccccc12.[I-]. The van der Waals surface area contributed by atoms with Gasteiger partial charge in [0, 0.05) is 17.2 Å². The topological polar surface area (TPSA) is 35.0 Å². The molecule has 0 bridgehead atoms. The van der Waals surface area contributed by atoms with Crippen LogP contribution in [0.3, 0.4) is 0 Å². The fourth-order valence-electron chi connectivity index (χ4n) is 2.58. The molecule has 0 fully saturated rings. The van der Waals surface area contributed by atoms with Crippen molar-refractivity contribution in [2.24, 2.45) is 0 Å². The molecule has 2 aromatic carbocycles. The van der Waals surface area contributed by atoms with Crippen molar-refractivity contribution in [3.8, 4) is 5.88 Å². The zero-order valence-electron chi connectivity index (χ0n) is 14.9. The molecular weight excluding hydrogens is 425 g/mol. The van der Waals surface area contributed by atoms with E-state index in [1.807, 2.05) is 30.3 Å². The molecule has 0 amide bonds. The van der Waals surface area contributed by atoms with Crippen LogP contribution in [0.25, 0.3) is 10.8 Å². The number of quaternary nitrogens is 1. The number of nitrogens with zero attached hydrogens (tertiary/aromatic N) is 3. The average Bonchev–Trinajstić information content (AvgIpc) is 2.57. The van der Waals surface area contributed by atoms with E-state index in [9.17, 15) is 0 Å². The van der Waals surface area contributed by atoms with Crippen LogP contribution in [0.5, 0.6) is 5.88 Å². The number of hydrogen-bond acceptors (Lipinski definition) is 3. The van der Waals surface area contributed by atoms with Crippen molar-refractivity contribution in [1.29, 1.82) is 0 Å². The Hall–Kier alpha value is -1.73. The van der Waals surface area contributed by atoms with Gasteiger partial charge in [0.1, 0.15) is 13.2 Å². The predicted octanol–water partition coefficient (Wildman–Crippen LogP) is 0.310. The van der Waals surface area contributed by atoms with Gasteiger partial charge in [0.05, 0.1) is 26.8 Å². The van der Waals surface area contributed by atoms with E-state index in [1.165, 1.54) is 5.56 Å². The summed E-state index contributed by atoms with van der Waals surface area (Å²) in [6.45, 7) is 1.54. The smallest absolute Gasteiger partial charge is 0.241 e. The van der Waals surface area contributed by atoms with Crippen molar-refractivity contribution in [3.05, 3.63) is 65.9 Å². The summed E-state index contributed by atoms with van der Waals surface area (Å²) in [5.74, 6) is 0.621. The van der Waals surface area contributed by atoms with Crippen LogP contribution in [0.1, 0.15) is 11.3 Å². The summed E-state index contributed by atoms with van der Waals surface area (Å²) in [5.41, 5.74) is 2.21. The van der Waals surface area contributed by atoms with E-state index in [4.69, 9.17) is 4.74 Å². The molecule has 4 nitrogen and oxygen atoms in total. The summed E-state index contributed by atoms with van der Waals surface area (Å²) in [6.07, 6.45) is 0.771. The highest BCUT2D eigenvalue weighted by molar-refractivity contribution is 5.88. The van der Waals surface area contributed by atoms with Crippen LogP contribution in [-0.4, -0.2) is 49.0 Å². The zero-order chi connectivity index (χ0) is 17.0. The van der Waals surface area contributed by atoms with Crippen molar-refractivity contribution in [2.45, 2.75) is 6.42 Å². The molecule has 0 aliphatic heterocycles. The second-order valence-corrected chi connectivity index (χ2v) is 7.02. The van der Waals surface area contributed by atoms with Crippen LogP contribution in [0.4, 0.5) is 0 Å². The Bertz CT molecular complexity index is 816. The fraction of sp³-hybridized carbons (Fsp3) is 0.300. The lowest BCUT2D eigenvalue weighted by atomic mass is 10.0. The van der Waals surface area contributed by atoms with Crippen molar-refractivity contribution >= 4 is 10.8 Å². The molecule has 0 aliphatic rings. The first kappa shape index (κ1) is 19.6. The Morgan fingerprint density at radius 1 is 0.840 bits per heavy atom. The second-order valence-electron chi connectivity index (χ2n) is 7.02. The van der Waals surface area contributed by atoms with Crippen LogP contribution in [0, 0.1) is 0 Å². The number of rotatable bonds is 6. The number of fused-ring (bicyclic) bond motifs is 1. The molecule has 25 heavy (non-hydrogen) atoms. The van der Waals surface area contributed by atoms with Gasteiger partial charge in [-0.1, -0.05) is 48.5 Å². The second kappa shape index (κ2) is 8.58. The molecule has 0 radical (unpaired) electrons. The van der Waals surface area contributed by atoms with Gasteiger partial charge in [0.15, 0.2) is 0 Å². The lowest BCUT2D eigenvalue weighted by Crippen LogP contribution is -3.00. The minimum atomic E-state index is 0. The molecule has 132 valence electrons. The third-order valence-electron chi connectivity index (χ3n) is 3.95. The largest absolute Gasteiger partial charge is 1.00 e. The van der Waals surface area contributed by atoms with Gasteiger partial charge in [-0.05, 0) is 11.6 Å². The minimum absolute atomic E-state index is 0. The van der Waals surface area contributed by atoms with Crippen molar-refractivity contribution in [3.63, 3.8) is 0 Å².